The number of amides is 1. The summed E-state index contributed by atoms with van der Waals surface area (Å²) >= 11 is 0. The molecular weight excluding hydrogens is 538 g/mol. The molecule has 4 atom stereocenters. The van der Waals surface area contributed by atoms with E-state index in [1.807, 2.05) is 0 Å². The number of aliphatic hydroxyl groups is 1. The summed E-state index contributed by atoms with van der Waals surface area (Å²) in [4.78, 5) is 53.5. The average molecular weight is 586 g/mol. The number of hydrogen-bond acceptors (Lipinski definition) is 8. The highest BCUT2D eigenvalue weighted by atomic mass is 16.6. The van der Waals surface area contributed by atoms with E-state index < -0.39 is 29.4 Å². The fourth-order valence-corrected chi connectivity index (χ4v) is 6.62. The maximum Gasteiger partial charge on any atom is 0.223 e. The number of carbonyl (C=O) groups is 4. The molecule has 3 fully saturated rings. The van der Waals surface area contributed by atoms with Crippen LogP contribution in [0.1, 0.15) is 90.0 Å². The van der Waals surface area contributed by atoms with Gasteiger partial charge in [0.15, 0.2) is 23.1 Å². The van der Waals surface area contributed by atoms with Gasteiger partial charge in [-0.25, -0.2) is 0 Å². The first-order valence-corrected chi connectivity index (χ1v) is 15.6. The van der Waals surface area contributed by atoms with Crippen molar-refractivity contribution in [2.75, 3.05) is 13.7 Å². The lowest BCUT2D eigenvalue weighted by Crippen LogP contribution is -2.46. The number of carbonyl (C=O) groups excluding carboxylic acids is 4. The van der Waals surface area contributed by atoms with Gasteiger partial charge < -0.3 is 25.0 Å². The van der Waals surface area contributed by atoms with Crippen molar-refractivity contribution in [2.24, 2.45) is 23.7 Å². The van der Waals surface area contributed by atoms with E-state index in [-0.39, 0.29) is 54.4 Å². The van der Waals surface area contributed by atoms with Crippen LogP contribution in [0.15, 0.2) is 18.2 Å². The number of nitrogens with one attached hydrogen (secondary N) is 1. The number of methoxy groups -OCH3 is 1. The Kier molecular flexibility index (Phi) is 10.8. The molecule has 3 N–H and O–H groups in total. The zero-order chi connectivity index (χ0) is 30.4. The summed E-state index contributed by atoms with van der Waals surface area (Å²) < 4.78 is 10.6. The van der Waals surface area contributed by atoms with Crippen LogP contribution in [-0.2, 0) is 30.3 Å². The van der Waals surface area contributed by atoms with E-state index in [1.165, 1.54) is 13.2 Å². The third-order valence-corrected chi connectivity index (χ3v) is 9.50. The number of epoxide rings is 1. The Balaban J connectivity index is 1.47. The molecule has 2 aliphatic carbocycles. The standard InChI is InChI=1S/C33H47NO8/c1-20(14-27(36)23-9-11-25(35)12-10-23)32(40)34-26(16-22-8-13-30(41-3)29(38)17-22)28(37)18-24(15-21-6-4-5-7-21)31(39)33(2)19-42-33/h8,13,17,20-21,23-26,35,38H,4-7,9-12,14-16,18-19H2,1-3H3,(H,34,40). The third-order valence-electron chi connectivity index (χ3n) is 9.50. The molecule has 1 aliphatic heterocycles. The van der Waals surface area contributed by atoms with Gasteiger partial charge in [-0.15, -0.1) is 0 Å². The molecule has 1 aromatic rings. The Hall–Kier alpha value is -2.78. The second kappa shape index (κ2) is 14.1. The van der Waals surface area contributed by atoms with Crippen LogP contribution < -0.4 is 10.1 Å². The largest absolute Gasteiger partial charge is 0.504 e. The van der Waals surface area contributed by atoms with Gasteiger partial charge in [-0.1, -0.05) is 38.7 Å². The number of hydrogen-bond donors (Lipinski definition) is 3. The average Bonchev–Trinajstić information content (AvgIpc) is 3.50. The molecule has 1 heterocycles. The molecule has 42 heavy (non-hydrogen) atoms. The fraction of sp³-hybridized carbons (Fsp3) is 0.697. The Labute approximate surface area is 248 Å². The lowest BCUT2D eigenvalue weighted by Gasteiger charge is -2.26. The first-order chi connectivity index (χ1) is 20.0. The summed E-state index contributed by atoms with van der Waals surface area (Å²) in [6, 6.07) is 3.92. The summed E-state index contributed by atoms with van der Waals surface area (Å²) in [6.45, 7) is 3.81. The van der Waals surface area contributed by atoms with Crippen LogP contribution in [0.25, 0.3) is 0 Å². The number of ether oxygens (including phenoxy) is 2. The molecule has 3 aliphatic rings. The predicted molar refractivity (Wildman–Crippen MR) is 156 cm³/mol. The Morgan fingerprint density at radius 1 is 1.07 bits per heavy atom. The van der Waals surface area contributed by atoms with Gasteiger partial charge in [0.05, 0.1) is 25.9 Å². The summed E-state index contributed by atoms with van der Waals surface area (Å²) in [5.41, 5.74) is -0.207. The first kappa shape index (κ1) is 32.1. The topological polar surface area (TPSA) is 143 Å². The highest BCUT2D eigenvalue weighted by Crippen LogP contribution is 2.38. The van der Waals surface area contributed by atoms with Crippen LogP contribution in [0.4, 0.5) is 0 Å². The van der Waals surface area contributed by atoms with Crippen molar-refractivity contribution in [2.45, 2.75) is 109 Å². The molecular formula is C33H47NO8. The smallest absolute Gasteiger partial charge is 0.223 e. The van der Waals surface area contributed by atoms with E-state index in [1.54, 1.807) is 26.0 Å². The predicted octanol–water partition coefficient (Wildman–Crippen LogP) is 4.09. The van der Waals surface area contributed by atoms with Gasteiger partial charge in [-0.2, -0.15) is 0 Å². The van der Waals surface area contributed by atoms with E-state index in [4.69, 9.17) is 9.47 Å². The van der Waals surface area contributed by atoms with Crippen LogP contribution in [0.5, 0.6) is 11.5 Å². The van der Waals surface area contributed by atoms with E-state index in [0.29, 0.717) is 55.9 Å². The summed E-state index contributed by atoms with van der Waals surface area (Å²) in [7, 11) is 1.45. The van der Waals surface area contributed by atoms with Gasteiger partial charge in [0.2, 0.25) is 5.91 Å². The molecule has 9 nitrogen and oxygen atoms in total. The van der Waals surface area contributed by atoms with Gasteiger partial charge in [-0.05, 0) is 69.1 Å². The SMILES string of the molecule is COc1ccc(CC(NC(=O)C(C)CC(=O)C2CCC(O)CC2)C(=O)CC(CC2CCCC2)C(=O)C2(C)CO2)cc1O. The van der Waals surface area contributed by atoms with Crippen LogP contribution in [0, 0.1) is 23.7 Å². The lowest BCUT2D eigenvalue weighted by molar-refractivity contribution is -0.135. The molecule has 232 valence electrons. The molecule has 4 rings (SSSR count). The maximum atomic E-state index is 13.9. The Bertz CT molecular complexity index is 1130. The van der Waals surface area contributed by atoms with Crippen LogP contribution in [-0.4, -0.2) is 64.9 Å². The van der Waals surface area contributed by atoms with E-state index >= 15 is 0 Å². The molecule has 0 radical (unpaired) electrons. The molecule has 1 aromatic carbocycles. The molecule has 1 saturated heterocycles. The zero-order valence-corrected chi connectivity index (χ0v) is 25.2. The van der Waals surface area contributed by atoms with Crippen molar-refractivity contribution < 1.29 is 38.9 Å². The molecule has 0 spiro atoms. The van der Waals surface area contributed by atoms with Crippen LogP contribution >= 0.6 is 0 Å². The summed E-state index contributed by atoms with van der Waals surface area (Å²) in [5, 5.41) is 23.0. The van der Waals surface area contributed by atoms with Crippen LogP contribution in [0.3, 0.4) is 0 Å². The van der Waals surface area contributed by atoms with Crippen molar-refractivity contribution in [3.05, 3.63) is 23.8 Å². The second-order valence-electron chi connectivity index (χ2n) is 13.0. The minimum Gasteiger partial charge on any atom is -0.504 e. The first-order valence-electron chi connectivity index (χ1n) is 15.6. The van der Waals surface area contributed by atoms with E-state index in [0.717, 1.165) is 25.7 Å². The van der Waals surface area contributed by atoms with E-state index in [2.05, 4.69) is 5.32 Å². The van der Waals surface area contributed by atoms with Gasteiger partial charge >= 0.3 is 0 Å². The number of aromatic hydroxyl groups is 1. The zero-order valence-electron chi connectivity index (χ0n) is 25.2. The van der Waals surface area contributed by atoms with Crippen molar-refractivity contribution in [3.63, 3.8) is 0 Å². The minimum absolute atomic E-state index is 0.000914. The number of benzene rings is 1. The van der Waals surface area contributed by atoms with Crippen LogP contribution in [0.2, 0.25) is 0 Å². The number of ketones is 3. The second-order valence-corrected chi connectivity index (χ2v) is 13.0. The molecule has 9 heteroatoms. The number of rotatable bonds is 15. The number of phenols is 1. The van der Waals surface area contributed by atoms with Gasteiger partial charge in [0.1, 0.15) is 11.4 Å². The fourth-order valence-electron chi connectivity index (χ4n) is 6.62. The molecule has 4 unspecified atom stereocenters. The Morgan fingerprint density at radius 3 is 2.33 bits per heavy atom. The maximum absolute atomic E-state index is 13.9. The number of Topliss-reactive ketones (excluding diaryl/α,β-unsaturated/α-hetero) is 3. The van der Waals surface area contributed by atoms with Gasteiger partial charge in [0.25, 0.3) is 0 Å². The quantitative estimate of drug-likeness (QED) is 0.261. The minimum atomic E-state index is -0.931. The van der Waals surface area contributed by atoms with Crippen molar-refractivity contribution in [1.29, 1.82) is 0 Å². The highest BCUT2D eigenvalue weighted by Gasteiger charge is 2.50. The molecule has 1 amide bonds. The number of phenolic OH excluding ortho intramolecular Hbond substituents is 1. The van der Waals surface area contributed by atoms with Crippen molar-refractivity contribution in [3.8, 4) is 11.5 Å². The molecule has 2 saturated carbocycles. The number of aliphatic hydroxyl groups excluding tert-OH is 1. The lowest BCUT2D eigenvalue weighted by atomic mass is 9.81. The van der Waals surface area contributed by atoms with Crippen molar-refractivity contribution >= 4 is 23.3 Å². The van der Waals surface area contributed by atoms with Gasteiger partial charge in [0, 0.05) is 30.6 Å². The van der Waals surface area contributed by atoms with E-state index in [9.17, 15) is 29.4 Å². The summed E-state index contributed by atoms with van der Waals surface area (Å²) in [6.07, 6.45) is 7.24. The van der Waals surface area contributed by atoms with Crippen molar-refractivity contribution in [1.82, 2.24) is 5.32 Å². The molecule has 0 bridgehead atoms. The third kappa shape index (κ3) is 8.40. The normalized spacial score (nSPS) is 26.2. The monoisotopic (exact) mass is 585 g/mol. The van der Waals surface area contributed by atoms with Gasteiger partial charge in [-0.3, -0.25) is 19.2 Å². The summed E-state index contributed by atoms with van der Waals surface area (Å²) in [5.74, 6) is -1.35. The highest BCUT2D eigenvalue weighted by molar-refractivity contribution is 5.97. The molecule has 0 aromatic heterocycles. The Morgan fingerprint density at radius 2 is 1.74 bits per heavy atom.